The van der Waals surface area contributed by atoms with Crippen molar-refractivity contribution in [3.05, 3.63) is 64.5 Å². The Hall–Kier alpha value is -2.47. The second-order valence-corrected chi connectivity index (χ2v) is 11.2. The molecule has 1 fully saturated rings. The molecule has 3 rings (SSSR count). The number of nitrogens with zero attached hydrogens (tertiary/aromatic N) is 2. The molecule has 0 saturated heterocycles. The molecule has 1 atom stereocenters. The third-order valence-corrected chi connectivity index (χ3v) is 8.06. The van der Waals surface area contributed by atoms with E-state index in [1.165, 1.54) is 38.5 Å². The quantitative estimate of drug-likeness (QED) is 0.282. The minimum absolute atomic E-state index is 0.215. The minimum atomic E-state index is -0.955. The van der Waals surface area contributed by atoms with Crippen LogP contribution >= 0.6 is 11.6 Å². The zero-order chi connectivity index (χ0) is 26.1. The van der Waals surface area contributed by atoms with E-state index < -0.39 is 11.4 Å². The molecule has 0 aliphatic heterocycles. The van der Waals surface area contributed by atoms with Crippen LogP contribution < -0.4 is 11.1 Å². The molecule has 0 amide bonds. The number of carboxylic acids is 1. The molecule has 4 N–H and O–H groups in total. The van der Waals surface area contributed by atoms with Crippen molar-refractivity contribution in [1.29, 1.82) is 0 Å². The van der Waals surface area contributed by atoms with Crippen molar-refractivity contribution in [2.24, 2.45) is 17.1 Å². The second kappa shape index (κ2) is 13.2. The Bertz CT molecular complexity index is 1020. The first-order valence-corrected chi connectivity index (χ1v) is 13.8. The lowest BCUT2D eigenvalue weighted by Gasteiger charge is -2.31. The smallest absolute Gasteiger partial charge is 0.309 e. The Labute approximate surface area is 221 Å². The van der Waals surface area contributed by atoms with E-state index in [1.54, 1.807) is 13.8 Å². The number of carbonyl (C=O) groups is 1. The van der Waals surface area contributed by atoms with Crippen LogP contribution in [0, 0.1) is 11.3 Å². The lowest BCUT2D eigenvalue weighted by molar-refractivity contribution is -0.148. The number of nitrogens with one attached hydrogen (secondary N) is 1. The van der Waals surface area contributed by atoms with E-state index in [2.05, 4.69) is 20.9 Å². The highest BCUT2D eigenvalue weighted by Crippen LogP contribution is 2.41. The van der Waals surface area contributed by atoms with Crippen molar-refractivity contribution in [2.45, 2.75) is 91.0 Å². The lowest BCUT2D eigenvalue weighted by atomic mass is 9.72. The van der Waals surface area contributed by atoms with Crippen LogP contribution in [0.4, 0.5) is 0 Å². The number of halogens is 1. The lowest BCUT2D eigenvalue weighted by Crippen LogP contribution is -2.32. The van der Waals surface area contributed by atoms with Gasteiger partial charge in [-0.25, -0.2) is 4.98 Å². The minimum Gasteiger partial charge on any atom is -0.481 e. The number of benzene rings is 1. The molecule has 1 aromatic carbocycles. The molecule has 7 heteroatoms. The molecule has 198 valence electrons. The van der Waals surface area contributed by atoms with Gasteiger partial charge >= 0.3 is 5.97 Å². The summed E-state index contributed by atoms with van der Waals surface area (Å²) in [5.74, 6) is 0.760. The summed E-state index contributed by atoms with van der Waals surface area (Å²) in [6.07, 6.45) is 15.8. The Kier molecular flexibility index (Phi) is 10.3. The van der Waals surface area contributed by atoms with Gasteiger partial charge < -0.3 is 20.7 Å². The third-order valence-electron chi connectivity index (χ3n) is 7.70. The van der Waals surface area contributed by atoms with Crippen molar-refractivity contribution in [2.75, 3.05) is 6.54 Å². The number of carboxylic acid groups (broad SMARTS) is 1. The zero-order valence-corrected chi connectivity index (χ0v) is 22.9. The first-order valence-electron chi connectivity index (χ1n) is 13.4. The first kappa shape index (κ1) is 28.1. The van der Waals surface area contributed by atoms with Crippen LogP contribution in [0.25, 0.3) is 0 Å². The van der Waals surface area contributed by atoms with E-state index in [-0.39, 0.29) is 5.92 Å². The van der Waals surface area contributed by atoms with E-state index in [0.717, 1.165) is 35.6 Å². The van der Waals surface area contributed by atoms with Gasteiger partial charge in [0.1, 0.15) is 5.82 Å². The molecule has 1 heterocycles. The summed E-state index contributed by atoms with van der Waals surface area (Å²) in [5, 5.41) is 13.8. The number of rotatable bonds is 12. The first-order chi connectivity index (χ1) is 17.2. The molecule has 2 aromatic rings. The van der Waals surface area contributed by atoms with E-state index in [1.807, 2.05) is 37.7 Å². The van der Waals surface area contributed by atoms with Gasteiger partial charge in [0.25, 0.3) is 0 Å². The fraction of sp³-hybridized carbons (Fsp3) is 0.586. The third kappa shape index (κ3) is 7.52. The predicted molar refractivity (Wildman–Crippen MR) is 147 cm³/mol. The highest BCUT2D eigenvalue weighted by atomic mass is 35.5. The molecule has 0 radical (unpaired) electrons. The fourth-order valence-corrected chi connectivity index (χ4v) is 5.50. The van der Waals surface area contributed by atoms with E-state index in [9.17, 15) is 9.90 Å². The van der Waals surface area contributed by atoms with Gasteiger partial charge in [0.15, 0.2) is 0 Å². The maximum Gasteiger partial charge on any atom is 0.309 e. The van der Waals surface area contributed by atoms with Gasteiger partial charge in [-0.1, -0.05) is 62.3 Å². The number of aromatic nitrogens is 2. The number of imidazole rings is 1. The van der Waals surface area contributed by atoms with Gasteiger partial charge in [-0.15, -0.1) is 0 Å². The molecule has 1 aliphatic rings. The van der Waals surface area contributed by atoms with Gasteiger partial charge in [-0.3, -0.25) is 4.79 Å². The maximum absolute atomic E-state index is 12.2. The topological polar surface area (TPSA) is 93.2 Å². The fourth-order valence-electron chi connectivity index (χ4n) is 5.33. The number of hydrogen-bond donors (Lipinski definition) is 3. The van der Waals surface area contributed by atoms with Gasteiger partial charge in [0, 0.05) is 42.3 Å². The van der Waals surface area contributed by atoms with Crippen LogP contribution in [0.3, 0.4) is 0 Å². The summed E-state index contributed by atoms with van der Waals surface area (Å²) in [6, 6.07) is 5.94. The summed E-state index contributed by atoms with van der Waals surface area (Å²) in [7, 11) is 0. The molecular weight excluding hydrogens is 472 g/mol. The largest absolute Gasteiger partial charge is 0.481 e. The van der Waals surface area contributed by atoms with Crippen LogP contribution in [-0.2, 0) is 17.8 Å². The number of allylic oxidation sites excluding steroid dienone is 1. The molecule has 36 heavy (non-hydrogen) atoms. The van der Waals surface area contributed by atoms with Gasteiger partial charge in [0.05, 0.1) is 12.0 Å². The van der Waals surface area contributed by atoms with Crippen LogP contribution in [0.15, 0.2) is 42.5 Å². The SMILES string of the molecule is CCN/C=C(\N)CCC(c1ccc(Cl)c(Cn2ccnc2CC2CCCCCC2)c1)C(C)(C)C(=O)O. The van der Waals surface area contributed by atoms with E-state index in [0.29, 0.717) is 30.3 Å². The van der Waals surface area contributed by atoms with Crippen LogP contribution in [-0.4, -0.2) is 27.2 Å². The van der Waals surface area contributed by atoms with Crippen molar-refractivity contribution in [3.8, 4) is 0 Å². The van der Waals surface area contributed by atoms with Crippen LogP contribution in [0.2, 0.25) is 5.02 Å². The Morgan fingerprint density at radius 3 is 2.69 bits per heavy atom. The Morgan fingerprint density at radius 1 is 1.31 bits per heavy atom. The average molecular weight is 515 g/mol. The van der Waals surface area contributed by atoms with Gasteiger partial charge in [0.2, 0.25) is 0 Å². The molecule has 1 aliphatic carbocycles. The summed E-state index contributed by atoms with van der Waals surface area (Å²) < 4.78 is 2.20. The summed E-state index contributed by atoms with van der Waals surface area (Å²) in [6.45, 7) is 7.01. The van der Waals surface area contributed by atoms with Crippen molar-refractivity contribution >= 4 is 17.6 Å². The number of nitrogens with two attached hydrogens (primary N) is 1. The summed E-state index contributed by atoms with van der Waals surface area (Å²) in [4.78, 5) is 16.9. The molecular formula is C29H43ClN4O2. The Balaban J connectivity index is 1.83. The molecule has 6 nitrogen and oxygen atoms in total. The highest BCUT2D eigenvalue weighted by molar-refractivity contribution is 6.31. The van der Waals surface area contributed by atoms with Crippen LogP contribution in [0.1, 0.15) is 95.0 Å². The molecule has 1 aromatic heterocycles. The maximum atomic E-state index is 12.2. The zero-order valence-electron chi connectivity index (χ0n) is 22.1. The normalized spacial score (nSPS) is 16.5. The standard InChI is InChI=1S/C29H43ClN4O2/c1-4-32-19-24(31)12-13-25(29(2,3)28(35)36)22-11-14-26(30)23(18-22)20-34-16-15-33-27(34)17-21-9-7-5-6-8-10-21/h11,14-16,18-19,21,25,32H,4-10,12-13,17,20,31H2,1-3H3,(H,35,36)/b24-19-. The van der Waals surface area contributed by atoms with Crippen LogP contribution in [0.5, 0.6) is 0 Å². The van der Waals surface area contributed by atoms with Gasteiger partial charge in [-0.05, 0) is 62.6 Å². The molecule has 1 saturated carbocycles. The monoisotopic (exact) mass is 514 g/mol. The van der Waals surface area contributed by atoms with Gasteiger partial charge in [-0.2, -0.15) is 0 Å². The van der Waals surface area contributed by atoms with E-state index in [4.69, 9.17) is 17.3 Å². The predicted octanol–water partition coefficient (Wildman–Crippen LogP) is 6.48. The number of hydrogen-bond acceptors (Lipinski definition) is 4. The van der Waals surface area contributed by atoms with E-state index >= 15 is 0 Å². The summed E-state index contributed by atoms with van der Waals surface area (Å²) in [5.41, 5.74) is 7.90. The average Bonchev–Trinajstić information content (AvgIpc) is 3.10. The van der Waals surface area contributed by atoms with Crippen molar-refractivity contribution < 1.29 is 9.90 Å². The molecule has 0 spiro atoms. The summed E-state index contributed by atoms with van der Waals surface area (Å²) >= 11 is 6.66. The molecule has 1 unspecified atom stereocenters. The number of aliphatic carboxylic acids is 1. The molecule has 0 bridgehead atoms. The van der Waals surface area contributed by atoms with Crippen molar-refractivity contribution in [3.63, 3.8) is 0 Å². The van der Waals surface area contributed by atoms with Crippen molar-refractivity contribution in [1.82, 2.24) is 14.9 Å². The Morgan fingerprint density at radius 2 is 2.03 bits per heavy atom. The highest BCUT2D eigenvalue weighted by Gasteiger charge is 2.37. The second-order valence-electron chi connectivity index (χ2n) is 10.8.